The minimum Gasteiger partial charge on any atom is -0.378 e. The van der Waals surface area contributed by atoms with Crippen molar-refractivity contribution in [2.24, 2.45) is 0 Å². The van der Waals surface area contributed by atoms with Gasteiger partial charge in [-0.25, -0.2) is 0 Å². The van der Waals surface area contributed by atoms with E-state index in [0.717, 1.165) is 13.1 Å². The maximum absolute atomic E-state index is 12.2. The number of hydrogen-bond donors (Lipinski definition) is 2. The first kappa shape index (κ1) is 13.6. The van der Waals surface area contributed by atoms with Crippen molar-refractivity contribution in [2.45, 2.75) is 43.9 Å². The first-order valence-corrected chi connectivity index (χ1v) is 7.37. The fourth-order valence-electron chi connectivity index (χ4n) is 3.12. The lowest BCUT2D eigenvalue weighted by atomic mass is 10.2. The Morgan fingerprint density at radius 2 is 2.25 bits per heavy atom. The van der Waals surface area contributed by atoms with Crippen LogP contribution in [0.15, 0.2) is 12.3 Å². The Kier molecular flexibility index (Phi) is 4.03. The molecule has 0 spiro atoms. The Morgan fingerprint density at radius 3 is 3.00 bits per heavy atom. The highest BCUT2D eigenvalue weighted by Crippen LogP contribution is 2.28. The van der Waals surface area contributed by atoms with Crippen LogP contribution in [0.4, 0.5) is 0 Å². The number of rotatable bonds is 4. The van der Waals surface area contributed by atoms with Crippen molar-refractivity contribution in [3.05, 3.63) is 18.0 Å². The van der Waals surface area contributed by atoms with Gasteiger partial charge in [0.25, 0.3) is 5.91 Å². The molecule has 1 unspecified atom stereocenters. The molecule has 1 amide bonds. The van der Waals surface area contributed by atoms with E-state index in [1.54, 1.807) is 13.2 Å². The molecule has 20 heavy (non-hydrogen) atoms. The molecule has 2 fully saturated rings. The lowest BCUT2D eigenvalue weighted by Gasteiger charge is -2.17. The summed E-state index contributed by atoms with van der Waals surface area (Å²) in [6.45, 7) is 1.52. The molecule has 6 nitrogen and oxygen atoms in total. The van der Waals surface area contributed by atoms with Crippen molar-refractivity contribution in [3.63, 3.8) is 0 Å². The molecular weight excluding hydrogens is 256 g/mol. The second-order valence-electron chi connectivity index (χ2n) is 5.63. The largest absolute Gasteiger partial charge is 0.378 e. The van der Waals surface area contributed by atoms with E-state index in [0.29, 0.717) is 11.7 Å². The summed E-state index contributed by atoms with van der Waals surface area (Å²) in [6, 6.07) is 2.29. The zero-order valence-corrected chi connectivity index (χ0v) is 11.8. The van der Waals surface area contributed by atoms with Crippen molar-refractivity contribution in [3.8, 4) is 0 Å². The topological polar surface area (TPSA) is 68.2 Å². The van der Waals surface area contributed by atoms with E-state index < -0.39 is 0 Å². The summed E-state index contributed by atoms with van der Waals surface area (Å²) in [7, 11) is 1.67. The molecule has 6 heteroatoms. The first-order valence-electron chi connectivity index (χ1n) is 7.37. The molecule has 2 aliphatic rings. The van der Waals surface area contributed by atoms with E-state index in [9.17, 15) is 4.79 Å². The van der Waals surface area contributed by atoms with E-state index in [2.05, 4.69) is 15.7 Å². The Morgan fingerprint density at radius 1 is 1.45 bits per heavy atom. The number of carbonyl (C=O) groups excluding carboxylic acids is 1. The molecule has 1 saturated carbocycles. The molecule has 3 rings (SSSR count). The minimum absolute atomic E-state index is 0.0177. The summed E-state index contributed by atoms with van der Waals surface area (Å²) in [5.41, 5.74) is 0.499. The number of aromatic nitrogens is 2. The fraction of sp³-hybridized carbons (Fsp3) is 0.714. The van der Waals surface area contributed by atoms with E-state index in [1.165, 1.54) is 25.7 Å². The van der Waals surface area contributed by atoms with Gasteiger partial charge in [0.1, 0.15) is 5.69 Å². The zero-order valence-electron chi connectivity index (χ0n) is 11.8. The summed E-state index contributed by atoms with van der Waals surface area (Å²) in [5.74, 6) is -0.113. The lowest BCUT2D eigenvalue weighted by Crippen LogP contribution is -2.43. The average Bonchev–Trinajstić information content (AvgIpc) is 3.19. The highest BCUT2D eigenvalue weighted by atomic mass is 16.5. The molecule has 0 radical (unpaired) electrons. The van der Waals surface area contributed by atoms with Gasteiger partial charge in [-0.3, -0.25) is 9.48 Å². The van der Waals surface area contributed by atoms with Crippen LogP contribution in [0.2, 0.25) is 0 Å². The number of carbonyl (C=O) groups is 1. The molecule has 1 aliphatic heterocycles. The fourth-order valence-corrected chi connectivity index (χ4v) is 3.12. The monoisotopic (exact) mass is 278 g/mol. The molecule has 1 aliphatic carbocycles. The van der Waals surface area contributed by atoms with E-state index >= 15 is 0 Å². The third-order valence-electron chi connectivity index (χ3n) is 4.32. The summed E-state index contributed by atoms with van der Waals surface area (Å²) in [4.78, 5) is 12.2. The van der Waals surface area contributed by atoms with Gasteiger partial charge in [0.05, 0.1) is 18.2 Å². The van der Waals surface area contributed by atoms with Gasteiger partial charge in [0, 0.05) is 26.4 Å². The maximum atomic E-state index is 12.2. The van der Waals surface area contributed by atoms with Crippen LogP contribution in [-0.4, -0.2) is 48.0 Å². The number of hydrogen-bond acceptors (Lipinski definition) is 4. The predicted molar refractivity (Wildman–Crippen MR) is 74.7 cm³/mol. The van der Waals surface area contributed by atoms with Gasteiger partial charge in [0.2, 0.25) is 0 Å². The first-order chi connectivity index (χ1) is 9.78. The quantitative estimate of drug-likeness (QED) is 0.851. The molecule has 2 N–H and O–H groups in total. The third-order valence-corrected chi connectivity index (χ3v) is 4.32. The number of nitrogens with zero attached hydrogens (tertiary/aromatic N) is 2. The average molecular weight is 278 g/mol. The summed E-state index contributed by atoms with van der Waals surface area (Å²) >= 11 is 0. The SMILES string of the molecule is CO[C@H]1CNCC1NC(=O)c1ccn(C2CCCC2)n1. The summed E-state index contributed by atoms with van der Waals surface area (Å²) < 4.78 is 7.29. The van der Waals surface area contributed by atoms with Crippen LogP contribution in [-0.2, 0) is 4.74 Å². The summed E-state index contributed by atoms with van der Waals surface area (Å²) in [5, 5.41) is 10.6. The van der Waals surface area contributed by atoms with Crippen molar-refractivity contribution >= 4 is 5.91 Å². The van der Waals surface area contributed by atoms with Gasteiger partial charge in [-0.1, -0.05) is 12.8 Å². The Labute approximate surface area is 118 Å². The Balaban J connectivity index is 1.62. The van der Waals surface area contributed by atoms with Gasteiger partial charge in [0.15, 0.2) is 0 Å². The van der Waals surface area contributed by atoms with Crippen LogP contribution in [0, 0.1) is 0 Å². The van der Waals surface area contributed by atoms with E-state index in [1.807, 2.05) is 10.9 Å². The zero-order chi connectivity index (χ0) is 13.9. The van der Waals surface area contributed by atoms with Crippen molar-refractivity contribution in [1.29, 1.82) is 0 Å². The third kappa shape index (κ3) is 2.71. The van der Waals surface area contributed by atoms with E-state index in [-0.39, 0.29) is 18.1 Å². The molecule has 0 bridgehead atoms. The van der Waals surface area contributed by atoms with Gasteiger partial charge in [-0.15, -0.1) is 0 Å². The smallest absolute Gasteiger partial charge is 0.272 e. The van der Waals surface area contributed by atoms with Crippen LogP contribution in [0.1, 0.15) is 42.2 Å². The number of nitrogens with one attached hydrogen (secondary N) is 2. The van der Waals surface area contributed by atoms with Crippen LogP contribution in [0.3, 0.4) is 0 Å². The number of ether oxygens (including phenoxy) is 1. The Bertz CT molecular complexity index is 467. The highest BCUT2D eigenvalue weighted by molar-refractivity contribution is 5.92. The molecule has 2 atom stereocenters. The maximum Gasteiger partial charge on any atom is 0.272 e. The number of amides is 1. The molecule has 1 aromatic heterocycles. The molecule has 1 aromatic rings. The van der Waals surface area contributed by atoms with Crippen molar-refractivity contribution in [2.75, 3.05) is 20.2 Å². The second-order valence-corrected chi connectivity index (χ2v) is 5.63. The predicted octanol–water partition coefficient (Wildman–Crippen LogP) is 0.715. The van der Waals surface area contributed by atoms with Crippen LogP contribution in [0.25, 0.3) is 0 Å². The minimum atomic E-state index is -0.113. The molecular formula is C14H22N4O2. The second kappa shape index (κ2) is 5.93. The summed E-state index contributed by atoms with van der Waals surface area (Å²) in [6.07, 6.45) is 6.81. The molecule has 1 saturated heterocycles. The van der Waals surface area contributed by atoms with Gasteiger partial charge >= 0.3 is 0 Å². The molecule has 110 valence electrons. The molecule has 0 aromatic carbocycles. The molecule has 2 heterocycles. The van der Waals surface area contributed by atoms with E-state index in [4.69, 9.17) is 4.74 Å². The van der Waals surface area contributed by atoms with Crippen LogP contribution in [0.5, 0.6) is 0 Å². The lowest BCUT2D eigenvalue weighted by molar-refractivity contribution is 0.0775. The highest BCUT2D eigenvalue weighted by Gasteiger charge is 2.29. The van der Waals surface area contributed by atoms with Gasteiger partial charge < -0.3 is 15.4 Å². The normalized spacial score (nSPS) is 27.1. The van der Waals surface area contributed by atoms with Crippen LogP contribution < -0.4 is 10.6 Å². The van der Waals surface area contributed by atoms with Crippen molar-refractivity contribution < 1.29 is 9.53 Å². The Hall–Kier alpha value is -1.40. The van der Waals surface area contributed by atoms with Crippen LogP contribution >= 0.6 is 0 Å². The standard InChI is InChI=1S/C14H22N4O2/c1-20-13-9-15-8-12(13)16-14(19)11-6-7-18(17-11)10-4-2-3-5-10/h6-7,10,12-13,15H,2-5,8-9H2,1H3,(H,16,19)/t12?,13-/m0/s1. The van der Waals surface area contributed by atoms with Gasteiger partial charge in [-0.05, 0) is 18.9 Å². The van der Waals surface area contributed by atoms with Gasteiger partial charge in [-0.2, -0.15) is 5.10 Å². The number of methoxy groups -OCH3 is 1. The van der Waals surface area contributed by atoms with Crippen molar-refractivity contribution in [1.82, 2.24) is 20.4 Å².